The van der Waals surface area contributed by atoms with Crippen LogP contribution in [0.25, 0.3) is 0 Å². The molecule has 6 fully saturated rings. The number of carbonyl (C=O) groups is 1. The van der Waals surface area contributed by atoms with Crippen LogP contribution < -0.4 is 0 Å². The number of aliphatic hydroxyl groups excluding tert-OH is 1. The third-order valence-electron chi connectivity index (χ3n) is 15.7. The van der Waals surface area contributed by atoms with E-state index in [1.165, 1.54) is 82.6 Å². The van der Waals surface area contributed by atoms with Gasteiger partial charge in [-0.1, -0.05) is 66.0 Å². The summed E-state index contributed by atoms with van der Waals surface area (Å²) in [5, 5.41) is 11.0. The molecule has 40 heavy (non-hydrogen) atoms. The van der Waals surface area contributed by atoms with Crippen molar-refractivity contribution in [2.24, 2.45) is 62.6 Å². The molecule has 0 spiro atoms. The van der Waals surface area contributed by atoms with Crippen LogP contribution in [-0.4, -0.2) is 23.8 Å². The Kier molecular flexibility index (Phi) is 7.20. The van der Waals surface area contributed by atoms with Gasteiger partial charge < -0.3 is 9.84 Å². The van der Waals surface area contributed by atoms with E-state index in [0.717, 1.165) is 25.2 Å². The molecule has 0 bridgehead atoms. The van der Waals surface area contributed by atoms with E-state index in [9.17, 15) is 9.90 Å². The van der Waals surface area contributed by atoms with Crippen LogP contribution in [0.3, 0.4) is 0 Å². The maximum atomic E-state index is 13.2. The molecule has 6 saturated carbocycles. The predicted octanol–water partition coefficient (Wildman–Crippen LogP) is 9.13. The van der Waals surface area contributed by atoms with E-state index in [0.29, 0.717) is 46.5 Å². The Balaban J connectivity index is 1.30. The van der Waals surface area contributed by atoms with E-state index in [2.05, 4.69) is 48.1 Å². The highest BCUT2D eigenvalue weighted by Crippen LogP contribution is 2.77. The summed E-state index contributed by atoms with van der Waals surface area (Å²) >= 11 is 0. The lowest BCUT2D eigenvalue weighted by molar-refractivity contribution is -0.250. The molecule has 0 aromatic carbocycles. The van der Waals surface area contributed by atoms with Crippen LogP contribution in [0, 0.1) is 62.6 Å². The summed E-state index contributed by atoms with van der Waals surface area (Å²) in [5.74, 6) is 3.42. The molecule has 3 heteroatoms. The average Bonchev–Trinajstić information content (AvgIpc) is 3.31. The molecule has 0 heterocycles. The van der Waals surface area contributed by atoms with Gasteiger partial charge in [-0.25, -0.2) is 0 Å². The zero-order valence-electron chi connectivity index (χ0n) is 26.8. The second-order valence-electron chi connectivity index (χ2n) is 17.4. The van der Waals surface area contributed by atoms with Gasteiger partial charge >= 0.3 is 5.97 Å². The van der Waals surface area contributed by atoms with Crippen LogP contribution in [0.5, 0.6) is 0 Å². The van der Waals surface area contributed by atoms with E-state index in [4.69, 9.17) is 4.74 Å². The third kappa shape index (κ3) is 4.01. The van der Waals surface area contributed by atoms with Crippen molar-refractivity contribution in [2.75, 3.05) is 6.61 Å². The van der Waals surface area contributed by atoms with Crippen molar-refractivity contribution in [3.8, 4) is 0 Å². The molecule has 0 aromatic rings. The fraction of sp³-hybridized carbons (Fsp3) is 0.919. The Morgan fingerprint density at radius 2 is 1.52 bits per heavy atom. The second-order valence-corrected chi connectivity index (χ2v) is 17.4. The van der Waals surface area contributed by atoms with E-state index >= 15 is 0 Å². The third-order valence-corrected chi connectivity index (χ3v) is 15.7. The van der Waals surface area contributed by atoms with Crippen LogP contribution in [0.15, 0.2) is 12.2 Å². The smallest absolute Gasteiger partial charge is 0.308 e. The monoisotopic (exact) mass is 552 g/mol. The van der Waals surface area contributed by atoms with Crippen molar-refractivity contribution in [1.29, 1.82) is 0 Å². The quantitative estimate of drug-likeness (QED) is 0.279. The maximum absolute atomic E-state index is 13.2. The predicted molar refractivity (Wildman–Crippen MR) is 163 cm³/mol. The van der Waals surface area contributed by atoms with Gasteiger partial charge in [0.2, 0.25) is 0 Å². The Hall–Kier alpha value is -0.830. The van der Waals surface area contributed by atoms with Crippen LogP contribution in [0.1, 0.15) is 138 Å². The summed E-state index contributed by atoms with van der Waals surface area (Å²) < 4.78 is 6.33. The van der Waals surface area contributed by atoms with Crippen LogP contribution >= 0.6 is 0 Å². The second kappa shape index (κ2) is 9.85. The van der Waals surface area contributed by atoms with Crippen molar-refractivity contribution in [3.63, 3.8) is 0 Å². The fourth-order valence-corrected chi connectivity index (χ4v) is 13.2. The Morgan fingerprint density at radius 1 is 0.800 bits per heavy atom. The molecule has 6 aliphatic carbocycles. The molecule has 0 aromatic heterocycles. The fourth-order valence-electron chi connectivity index (χ4n) is 13.2. The first-order valence-electron chi connectivity index (χ1n) is 17.3. The van der Waals surface area contributed by atoms with Crippen LogP contribution in [0.4, 0.5) is 0 Å². The normalized spacial score (nSPS) is 50.2. The number of allylic oxidation sites excluding steroid dienone is 1. The molecule has 0 saturated heterocycles. The highest BCUT2D eigenvalue weighted by Gasteiger charge is 2.71. The molecule has 6 aliphatic rings. The molecule has 0 aliphatic heterocycles. The molecule has 226 valence electrons. The number of hydrogen-bond acceptors (Lipinski definition) is 3. The van der Waals surface area contributed by atoms with Gasteiger partial charge in [0.05, 0.1) is 18.6 Å². The highest BCUT2D eigenvalue weighted by molar-refractivity contribution is 5.72. The summed E-state index contributed by atoms with van der Waals surface area (Å²) in [6.07, 6.45) is 17.8. The Labute approximate surface area is 245 Å². The van der Waals surface area contributed by atoms with Crippen molar-refractivity contribution < 1.29 is 14.6 Å². The molecule has 0 amide bonds. The standard InChI is InChI=1S/C37H60O3/c1-24(2)26-15-20-37(23-40-32(39)25-11-9-8-10-12-25)22-21-35(6)27(31(26)37)13-14-29-34(5)18-17-30(38)33(3,4)28(34)16-19-36(29,35)7/h25-31,38H,1,8-23H2,2-7H3/t26-,27+,28-,29+,30-,31+,34-,35+,36+,37+/m0/s1. The van der Waals surface area contributed by atoms with E-state index in [-0.39, 0.29) is 28.8 Å². The molecule has 0 unspecified atom stereocenters. The van der Waals surface area contributed by atoms with Gasteiger partial charge in [-0.2, -0.15) is 0 Å². The number of carbonyl (C=O) groups excluding carboxylic acids is 1. The molecular weight excluding hydrogens is 492 g/mol. The van der Waals surface area contributed by atoms with Crippen molar-refractivity contribution in [3.05, 3.63) is 12.2 Å². The lowest BCUT2D eigenvalue weighted by atomic mass is 9.32. The number of aliphatic hydroxyl groups is 1. The van der Waals surface area contributed by atoms with Gasteiger partial charge in [-0.15, -0.1) is 0 Å². The van der Waals surface area contributed by atoms with Crippen molar-refractivity contribution in [2.45, 2.75) is 144 Å². The van der Waals surface area contributed by atoms with Crippen molar-refractivity contribution in [1.82, 2.24) is 0 Å². The number of hydrogen-bond donors (Lipinski definition) is 1. The van der Waals surface area contributed by atoms with E-state index < -0.39 is 0 Å². The lowest BCUT2D eigenvalue weighted by Crippen LogP contribution is -2.66. The zero-order chi connectivity index (χ0) is 28.7. The van der Waals surface area contributed by atoms with Gasteiger partial charge in [-0.3, -0.25) is 4.79 Å². The van der Waals surface area contributed by atoms with Gasteiger partial charge in [-0.05, 0) is 135 Å². The molecule has 3 nitrogen and oxygen atoms in total. The minimum atomic E-state index is -0.164. The maximum Gasteiger partial charge on any atom is 0.308 e. The van der Waals surface area contributed by atoms with Gasteiger partial charge in [0.25, 0.3) is 0 Å². The molecular formula is C37H60O3. The lowest BCUT2D eigenvalue weighted by Gasteiger charge is -2.73. The summed E-state index contributed by atoms with van der Waals surface area (Å²) in [5.41, 5.74) is 2.46. The number of esters is 1. The largest absolute Gasteiger partial charge is 0.465 e. The minimum absolute atomic E-state index is 0.00646. The van der Waals surface area contributed by atoms with Crippen molar-refractivity contribution >= 4 is 5.97 Å². The molecule has 0 radical (unpaired) electrons. The first-order chi connectivity index (χ1) is 18.8. The van der Waals surface area contributed by atoms with E-state index in [1.54, 1.807) is 0 Å². The first-order valence-corrected chi connectivity index (χ1v) is 17.3. The Morgan fingerprint density at radius 3 is 2.23 bits per heavy atom. The van der Waals surface area contributed by atoms with Crippen LogP contribution in [0.2, 0.25) is 0 Å². The number of rotatable bonds is 4. The first kappa shape index (κ1) is 29.3. The summed E-state index contributed by atoms with van der Waals surface area (Å²) in [4.78, 5) is 13.2. The number of ether oxygens (including phenoxy) is 1. The number of fused-ring (bicyclic) bond motifs is 7. The van der Waals surface area contributed by atoms with Gasteiger partial charge in [0.1, 0.15) is 0 Å². The zero-order valence-corrected chi connectivity index (χ0v) is 26.8. The average molecular weight is 553 g/mol. The molecule has 6 rings (SSSR count). The SMILES string of the molecule is C=C(C)[C@@H]1CC[C@]2(COC(=O)C3CCCCC3)CC[C@]3(C)[C@H](CC[C@@H]4[C@@]5(C)CC[C@H](O)C(C)(C)[C@@H]5CC[C@]43C)[C@@H]12. The molecule has 10 atom stereocenters. The molecule has 1 N–H and O–H groups in total. The van der Waals surface area contributed by atoms with Gasteiger partial charge in [0.15, 0.2) is 0 Å². The minimum Gasteiger partial charge on any atom is -0.465 e. The summed E-state index contributed by atoms with van der Waals surface area (Å²) in [7, 11) is 0. The Bertz CT molecular complexity index is 1010. The topological polar surface area (TPSA) is 46.5 Å². The summed E-state index contributed by atoms with van der Waals surface area (Å²) in [6, 6.07) is 0. The van der Waals surface area contributed by atoms with Crippen LogP contribution in [-0.2, 0) is 9.53 Å². The van der Waals surface area contributed by atoms with Gasteiger partial charge in [0, 0.05) is 5.41 Å². The highest BCUT2D eigenvalue weighted by atomic mass is 16.5. The van der Waals surface area contributed by atoms with E-state index in [1.807, 2.05) is 0 Å². The summed E-state index contributed by atoms with van der Waals surface area (Å²) in [6.45, 7) is 20.2.